The third-order valence-corrected chi connectivity index (χ3v) is 2.40. The molecule has 1 aromatic carbocycles. The van der Waals surface area contributed by atoms with Gasteiger partial charge in [0.25, 0.3) is 0 Å². The van der Waals surface area contributed by atoms with Crippen molar-refractivity contribution in [2.75, 3.05) is 5.32 Å². The third kappa shape index (κ3) is 4.41. The van der Waals surface area contributed by atoms with E-state index >= 15 is 0 Å². The van der Waals surface area contributed by atoms with Crippen molar-refractivity contribution >= 4 is 33.4 Å². The second kappa shape index (κ2) is 6.24. The van der Waals surface area contributed by atoms with Gasteiger partial charge in [-0.05, 0) is 24.3 Å². The number of hydrogen-bond donors (Lipinski definition) is 3. The minimum absolute atomic E-state index is 0.0822. The molecule has 0 saturated heterocycles. The minimum Gasteiger partial charge on any atom is -0.326 e. The quantitative estimate of drug-likeness (QED) is 0.441. The van der Waals surface area contributed by atoms with Crippen molar-refractivity contribution in [3.63, 3.8) is 0 Å². The van der Waals surface area contributed by atoms with Crippen molar-refractivity contribution < 1.29 is 9.59 Å². The van der Waals surface area contributed by atoms with Crippen LogP contribution in [0.25, 0.3) is 0 Å². The predicted octanol–water partition coefficient (Wildman–Crippen LogP) is 1.16. The number of anilines is 1. The molecule has 0 spiro atoms. The second-order valence-corrected chi connectivity index (χ2v) is 4.04. The molecular weight excluding hydrogens is 274 g/mol. The van der Waals surface area contributed by atoms with Crippen LogP contribution in [0, 0.1) is 0 Å². The van der Waals surface area contributed by atoms with Gasteiger partial charge in [-0.25, -0.2) is 5.84 Å². The predicted molar refractivity (Wildman–Crippen MR) is 64.3 cm³/mol. The maximum Gasteiger partial charge on any atom is 0.234 e. The summed E-state index contributed by atoms with van der Waals surface area (Å²) in [6, 6.07) is 7.18. The summed E-state index contributed by atoms with van der Waals surface area (Å²) in [6.45, 7) is 0. The highest BCUT2D eigenvalue weighted by molar-refractivity contribution is 9.10. The number of carbonyl (C=O) groups is 2. The standard InChI is InChI=1S/C10H12BrN3O2/c11-7-1-3-8(4-2-7)13-9(15)5-6-10(16)14-12/h1-4H,5-6,12H2,(H,13,15)(H,14,16). The molecule has 0 unspecified atom stereocenters. The molecule has 1 rings (SSSR count). The van der Waals surface area contributed by atoms with E-state index in [0.29, 0.717) is 5.69 Å². The summed E-state index contributed by atoms with van der Waals surface area (Å²) in [4.78, 5) is 22.2. The van der Waals surface area contributed by atoms with Gasteiger partial charge in [0.05, 0.1) is 0 Å². The van der Waals surface area contributed by atoms with Crippen molar-refractivity contribution in [2.24, 2.45) is 5.84 Å². The first-order valence-corrected chi connectivity index (χ1v) is 5.46. The highest BCUT2D eigenvalue weighted by Gasteiger charge is 2.05. The second-order valence-electron chi connectivity index (χ2n) is 3.12. The zero-order valence-electron chi connectivity index (χ0n) is 8.50. The summed E-state index contributed by atoms with van der Waals surface area (Å²) < 4.78 is 0.938. The van der Waals surface area contributed by atoms with Crippen LogP contribution in [0.15, 0.2) is 28.7 Å². The van der Waals surface area contributed by atoms with Crippen molar-refractivity contribution in [3.05, 3.63) is 28.7 Å². The van der Waals surface area contributed by atoms with Gasteiger partial charge in [0.1, 0.15) is 0 Å². The number of benzene rings is 1. The Kier molecular flexibility index (Phi) is 4.94. The van der Waals surface area contributed by atoms with Gasteiger partial charge in [0.2, 0.25) is 11.8 Å². The van der Waals surface area contributed by atoms with Crippen LogP contribution in [0.5, 0.6) is 0 Å². The summed E-state index contributed by atoms with van der Waals surface area (Å²) in [7, 11) is 0. The molecule has 5 nitrogen and oxygen atoms in total. The average Bonchev–Trinajstić information content (AvgIpc) is 2.29. The van der Waals surface area contributed by atoms with E-state index in [1.54, 1.807) is 12.1 Å². The molecule has 0 saturated carbocycles. The van der Waals surface area contributed by atoms with E-state index in [0.717, 1.165) is 4.47 Å². The van der Waals surface area contributed by atoms with E-state index in [2.05, 4.69) is 21.2 Å². The van der Waals surface area contributed by atoms with E-state index in [9.17, 15) is 9.59 Å². The fourth-order valence-corrected chi connectivity index (χ4v) is 1.32. The van der Waals surface area contributed by atoms with Gasteiger partial charge in [-0.1, -0.05) is 15.9 Å². The van der Waals surface area contributed by atoms with Crippen LogP contribution >= 0.6 is 15.9 Å². The number of hydrazine groups is 1. The fourth-order valence-electron chi connectivity index (χ4n) is 1.06. The first kappa shape index (κ1) is 12.7. The van der Waals surface area contributed by atoms with Crippen LogP contribution in [0.1, 0.15) is 12.8 Å². The molecule has 0 aromatic heterocycles. The van der Waals surface area contributed by atoms with E-state index in [4.69, 9.17) is 5.84 Å². The van der Waals surface area contributed by atoms with Crippen molar-refractivity contribution in [1.82, 2.24) is 5.43 Å². The molecule has 16 heavy (non-hydrogen) atoms. The zero-order valence-corrected chi connectivity index (χ0v) is 10.1. The lowest BCUT2D eigenvalue weighted by atomic mass is 10.2. The number of rotatable bonds is 4. The van der Waals surface area contributed by atoms with Crippen LogP contribution < -0.4 is 16.6 Å². The Balaban J connectivity index is 2.40. The molecule has 0 aliphatic rings. The largest absolute Gasteiger partial charge is 0.326 e. The Hall–Kier alpha value is -1.40. The van der Waals surface area contributed by atoms with Crippen LogP contribution in [-0.4, -0.2) is 11.8 Å². The Morgan fingerprint density at radius 3 is 2.25 bits per heavy atom. The Morgan fingerprint density at radius 1 is 1.12 bits per heavy atom. The molecule has 4 N–H and O–H groups in total. The van der Waals surface area contributed by atoms with E-state index < -0.39 is 0 Å². The lowest BCUT2D eigenvalue weighted by Gasteiger charge is -2.04. The number of nitrogens with one attached hydrogen (secondary N) is 2. The summed E-state index contributed by atoms with van der Waals surface area (Å²) in [5, 5.41) is 2.67. The van der Waals surface area contributed by atoms with Crippen LogP contribution in [-0.2, 0) is 9.59 Å². The molecule has 0 aliphatic heterocycles. The van der Waals surface area contributed by atoms with Gasteiger partial charge in [0, 0.05) is 23.0 Å². The van der Waals surface area contributed by atoms with Gasteiger partial charge >= 0.3 is 0 Å². The third-order valence-electron chi connectivity index (χ3n) is 1.87. The van der Waals surface area contributed by atoms with Crippen LogP contribution in [0.2, 0.25) is 0 Å². The molecule has 0 heterocycles. The molecule has 0 atom stereocenters. The van der Waals surface area contributed by atoms with Crippen molar-refractivity contribution in [3.8, 4) is 0 Å². The number of amides is 2. The Bertz CT molecular complexity index is 378. The van der Waals surface area contributed by atoms with Gasteiger partial charge in [-0.2, -0.15) is 0 Å². The lowest BCUT2D eigenvalue weighted by molar-refractivity contribution is -0.124. The van der Waals surface area contributed by atoms with Crippen LogP contribution in [0.4, 0.5) is 5.69 Å². The normalized spacial score (nSPS) is 9.62. The first-order valence-electron chi connectivity index (χ1n) is 4.66. The molecule has 0 aliphatic carbocycles. The first-order chi connectivity index (χ1) is 7.61. The molecule has 1 aromatic rings. The van der Waals surface area contributed by atoms with Gasteiger partial charge in [-0.3, -0.25) is 15.0 Å². The van der Waals surface area contributed by atoms with E-state index in [-0.39, 0.29) is 24.7 Å². The maximum atomic E-state index is 11.4. The number of halogens is 1. The average molecular weight is 286 g/mol. The summed E-state index contributed by atoms with van der Waals surface area (Å²) >= 11 is 3.29. The Labute approximate surface area is 101 Å². The highest BCUT2D eigenvalue weighted by atomic mass is 79.9. The SMILES string of the molecule is NNC(=O)CCC(=O)Nc1ccc(Br)cc1. The lowest BCUT2D eigenvalue weighted by Crippen LogP contribution is -2.30. The molecular formula is C10H12BrN3O2. The smallest absolute Gasteiger partial charge is 0.234 e. The molecule has 2 amide bonds. The number of hydrogen-bond acceptors (Lipinski definition) is 3. The van der Waals surface area contributed by atoms with Gasteiger partial charge < -0.3 is 5.32 Å². The summed E-state index contributed by atoms with van der Waals surface area (Å²) in [5.74, 6) is 4.32. The van der Waals surface area contributed by atoms with Crippen molar-refractivity contribution in [1.29, 1.82) is 0 Å². The zero-order chi connectivity index (χ0) is 12.0. The summed E-state index contributed by atoms with van der Waals surface area (Å²) in [6.07, 6.45) is 0.192. The number of carbonyl (C=O) groups excluding carboxylic acids is 2. The highest BCUT2D eigenvalue weighted by Crippen LogP contribution is 2.14. The van der Waals surface area contributed by atoms with Gasteiger partial charge in [0.15, 0.2) is 0 Å². The van der Waals surface area contributed by atoms with E-state index in [1.165, 1.54) is 0 Å². The van der Waals surface area contributed by atoms with E-state index in [1.807, 2.05) is 17.6 Å². The number of nitrogens with two attached hydrogens (primary N) is 1. The van der Waals surface area contributed by atoms with Crippen LogP contribution in [0.3, 0.4) is 0 Å². The minimum atomic E-state index is -0.356. The molecule has 0 bridgehead atoms. The molecule has 0 radical (unpaired) electrons. The Morgan fingerprint density at radius 2 is 1.69 bits per heavy atom. The van der Waals surface area contributed by atoms with Crippen molar-refractivity contribution in [2.45, 2.75) is 12.8 Å². The maximum absolute atomic E-state index is 11.4. The monoisotopic (exact) mass is 285 g/mol. The molecule has 0 fully saturated rings. The topological polar surface area (TPSA) is 84.2 Å². The summed E-state index contributed by atoms with van der Waals surface area (Å²) in [5.41, 5.74) is 2.66. The fraction of sp³-hybridized carbons (Fsp3) is 0.200. The van der Waals surface area contributed by atoms with Gasteiger partial charge in [-0.15, -0.1) is 0 Å². The molecule has 6 heteroatoms. The molecule has 86 valence electrons.